The number of nitrogens with zero attached hydrogens (tertiary/aromatic N) is 8. The summed E-state index contributed by atoms with van der Waals surface area (Å²) in [6.07, 6.45) is 5.75. The van der Waals surface area contributed by atoms with E-state index in [1.165, 1.54) is 12.8 Å². The number of hydrogen-bond acceptors (Lipinski definition) is 15. The van der Waals surface area contributed by atoms with Gasteiger partial charge in [-0.3, -0.25) is 43.8 Å². The fourth-order valence-electron chi connectivity index (χ4n) is 7.73. The molecule has 0 saturated carbocycles. The summed E-state index contributed by atoms with van der Waals surface area (Å²) >= 11 is 3.57. The lowest BCUT2D eigenvalue weighted by Gasteiger charge is -2.40. The number of carbonyl (C=O) groups excluding carboxylic acids is 4. The van der Waals surface area contributed by atoms with Crippen LogP contribution in [0.4, 0.5) is 0 Å². The number of rotatable bonds is 21. The zero-order chi connectivity index (χ0) is 44.0. The Morgan fingerprint density at radius 1 is 0.836 bits per heavy atom. The van der Waals surface area contributed by atoms with E-state index in [0.29, 0.717) is 96.5 Å². The van der Waals surface area contributed by atoms with Crippen LogP contribution in [0, 0.1) is 4.91 Å². The number of aromatic nitrogens is 1. The quantitative estimate of drug-likeness (QED) is 0.0920. The summed E-state index contributed by atoms with van der Waals surface area (Å²) in [4.78, 5) is 89.0. The standard InChI is InChI=1S/C42H68N10O7S2/c1-34(43-35-7-13-47(3)14-8-35)9-27-60-32-36-5-4-6-37(44-36)33-61-28-10-38(54)45-42(2)11-15-52(16-12-42)40(56)30-50-19-17-48(25-26-53)18-20-51(31-41(57)58)24-22-49(21-23-50)29-39(55)46-59/h4-6,26,35,43H,1,7-25,27-33H2,2-3H3,(H,45,54)(H,57,58). The van der Waals surface area contributed by atoms with E-state index in [2.05, 4.69) is 46.5 Å². The van der Waals surface area contributed by atoms with Gasteiger partial charge in [-0.15, -0.1) is 4.91 Å². The van der Waals surface area contributed by atoms with Crippen LogP contribution in [0.3, 0.4) is 0 Å². The van der Waals surface area contributed by atoms with Gasteiger partial charge in [-0.1, -0.05) is 12.6 Å². The molecule has 0 bridgehead atoms. The Kier molecular flexibility index (Phi) is 22.1. The number of hydrogen-bond donors (Lipinski definition) is 3. The number of nitroso groups, excluding NO2 is 1. The maximum absolute atomic E-state index is 13.6. The summed E-state index contributed by atoms with van der Waals surface area (Å²) in [6, 6.07) is 6.70. The molecular formula is C42H68N10O7S2. The van der Waals surface area contributed by atoms with E-state index in [9.17, 15) is 34.0 Å². The largest absolute Gasteiger partial charge is 0.480 e. The van der Waals surface area contributed by atoms with Crippen molar-refractivity contribution in [1.82, 2.24) is 45.0 Å². The lowest BCUT2D eigenvalue weighted by Crippen LogP contribution is -2.56. The van der Waals surface area contributed by atoms with Gasteiger partial charge in [-0.05, 0) is 77.1 Å². The van der Waals surface area contributed by atoms with Gasteiger partial charge in [-0.25, -0.2) is 0 Å². The van der Waals surface area contributed by atoms with Gasteiger partial charge in [0.15, 0.2) is 0 Å². The van der Waals surface area contributed by atoms with Crippen LogP contribution in [0.5, 0.6) is 0 Å². The fourth-order valence-corrected chi connectivity index (χ4v) is 9.48. The smallest absolute Gasteiger partial charge is 0.317 e. The molecule has 3 N–H and O–H groups in total. The normalized spacial score (nSPS) is 19.6. The summed E-state index contributed by atoms with van der Waals surface area (Å²) in [5.41, 5.74) is 2.78. The lowest BCUT2D eigenvalue weighted by atomic mass is 9.89. The van der Waals surface area contributed by atoms with Crippen molar-refractivity contribution in [3.63, 3.8) is 0 Å². The first-order valence-electron chi connectivity index (χ1n) is 21.6. The Hall–Kier alpha value is -3.46. The third-order valence-electron chi connectivity index (χ3n) is 11.6. The van der Waals surface area contributed by atoms with Crippen molar-refractivity contribution in [2.45, 2.75) is 68.5 Å². The number of aliphatic carboxylic acids is 1. The molecule has 3 aliphatic heterocycles. The molecule has 4 heterocycles. The number of carboxylic acid groups (broad SMARTS) is 1. The number of thioether (sulfide) groups is 2. The maximum atomic E-state index is 13.6. The van der Waals surface area contributed by atoms with Crippen molar-refractivity contribution < 1.29 is 29.1 Å². The number of amides is 3. The van der Waals surface area contributed by atoms with Crippen LogP contribution in [-0.2, 0) is 35.5 Å². The van der Waals surface area contributed by atoms with Crippen molar-refractivity contribution in [2.75, 3.05) is 123 Å². The Morgan fingerprint density at radius 3 is 1.93 bits per heavy atom. The van der Waals surface area contributed by atoms with Gasteiger partial charge in [0.2, 0.25) is 11.8 Å². The molecule has 1 aromatic rings. The molecule has 1 aromatic heterocycles. The number of aldehydes is 1. The second-order valence-corrected chi connectivity index (χ2v) is 18.9. The Balaban J connectivity index is 1.16. The van der Waals surface area contributed by atoms with Crippen LogP contribution in [0.1, 0.15) is 56.8 Å². The second kappa shape index (κ2) is 26.9. The lowest BCUT2D eigenvalue weighted by molar-refractivity contribution is -0.138. The van der Waals surface area contributed by atoms with E-state index in [0.717, 1.165) is 60.1 Å². The molecule has 61 heavy (non-hydrogen) atoms. The van der Waals surface area contributed by atoms with Crippen molar-refractivity contribution in [3.05, 3.63) is 46.8 Å². The molecule has 0 radical (unpaired) electrons. The summed E-state index contributed by atoms with van der Waals surface area (Å²) in [6.45, 7) is 12.8. The predicted octanol–water partition coefficient (Wildman–Crippen LogP) is 1.82. The van der Waals surface area contributed by atoms with Gasteiger partial charge in [0.25, 0.3) is 5.91 Å². The topological polar surface area (TPSA) is 191 Å². The summed E-state index contributed by atoms with van der Waals surface area (Å²) in [5.74, 6) is 1.43. The second-order valence-electron chi connectivity index (χ2n) is 16.7. The Morgan fingerprint density at radius 2 is 1.38 bits per heavy atom. The molecule has 3 aliphatic rings. The van der Waals surface area contributed by atoms with Crippen molar-refractivity contribution in [1.29, 1.82) is 0 Å². The zero-order valence-corrected chi connectivity index (χ0v) is 37.9. The van der Waals surface area contributed by atoms with Gasteiger partial charge in [-0.2, -0.15) is 23.5 Å². The van der Waals surface area contributed by atoms with Gasteiger partial charge in [0.1, 0.15) is 6.29 Å². The highest BCUT2D eigenvalue weighted by molar-refractivity contribution is 7.98. The molecule has 19 heteroatoms. The molecule has 3 amide bonds. The monoisotopic (exact) mass is 888 g/mol. The molecule has 0 aromatic carbocycles. The number of nitrogens with one attached hydrogen (secondary N) is 2. The summed E-state index contributed by atoms with van der Waals surface area (Å²) in [5, 5.41) is 18.8. The van der Waals surface area contributed by atoms with Gasteiger partial charge in [0.05, 0.1) is 37.6 Å². The van der Waals surface area contributed by atoms with Crippen LogP contribution in [0.2, 0.25) is 0 Å². The molecule has 3 fully saturated rings. The van der Waals surface area contributed by atoms with Crippen LogP contribution in [-0.4, -0.2) is 204 Å². The molecule has 0 aliphatic carbocycles. The third kappa shape index (κ3) is 19.6. The number of pyridine rings is 1. The van der Waals surface area contributed by atoms with E-state index < -0.39 is 17.4 Å². The molecule has 3 saturated heterocycles. The highest BCUT2D eigenvalue weighted by Crippen LogP contribution is 2.23. The van der Waals surface area contributed by atoms with E-state index in [4.69, 9.17) is 4.98 Å². The minimum absolute atomic E-state index is 0.00195. The summed E-state index contributed by atoms with van der Waals surface area (Å²) < 4.78 is 0. The minimum atomic E-state index is -0.980. The Labute approximate surface area is 370 Å². The molecule has 17 nitrogen and oxygen atoms in total. The van der Waals surface area contributed by atoms with Crippen molar-refractivity contribution in [2.24, 2.45) is 5.18 Å². The number of likely N-dealkylation sites (tertiary alicyclic amines) is 2. The Bertz CT molecular complexity index is 1590. The van der Waals surface area contributed by atoms with Crippen molar-refractivity contribution >= 4 is 53.5 Å². The first kappa shape index (κ1) is 50.2. The molecule has 0 spiro atoms. The average Bonchev–Trinajstić information content (AvgIpc) is 3.22. The molecule has 340 valence electrons. The van der Waals surface area contributed by atoms with Crippen molar-refractivity contribution in [3.8, 4) is 0 Å². The predicted molar refractivity (Wildman–Crippen MR) is 241 cm³/mol. The zero-order valence-electron chi connectivity index (χ0n) is 36.3. The molecular weight excluding hydrogens is 821 g/mol. The van der Waals surface area contributed by atoms with Gasteiger partial charge >= 0.3 is 5.97 Å². The number of piperidine rings is 2. The van der Waals surface area contributed by atoms with E-state index in [-0.39, 0.29) is 38.0 Å². The SMILES string of the molecule is C=C(CCSCc1cccc(CSCCC(=O)NC2(C)CCN(C(=O)CN3CCN(CC=O)CCN(CC(=O)O)CCN(CC(=O)N=O)CC3)CC2)n1)NC1CCN(C)CC1. The van der Waals surface area contributed by atoms with E-state index >= 15 is 0 Å². The fraction of sp³-hybridized carbons (Fsp3) is 0.714. The maximum Gasteiger partial charge on any atom is 0.317 e. The number of carboxylic acids is 1. The number of allylic oxidation sites excluding steroid dienone is 1. The molecule has 0 atom stereocenters. The highest BCUT2D eigenvalue weighted by atomic mass is 32.2. The average molecular weight is 889 g/mol. The molecule has 4 rings (SSSR count). The first-order valence-corrected chi connectivity index (χ1v) is 23.9. The van der Waals surface area contributed by atoms with Crippen LogP contribution in [0.25, 0.3) is 0 Å². The van der Waals surface area contributed by atoms with Crippen LogP contribution < -0.4 is 10.6 Å². The van der Waals surface area contributed by atoms with Gasteiger partial charge in [0, 0.05) is 112 Å². The number of carbonyl (C=O) groups is 5. The minimum Gasteiger partial charge on any atom is -0.480 e. The van der Waals surface area contributed by atoms with Crippen LogP contribution in [0.15, 0.2) is 35.7 Å². The molecule has 0 unspecified atom stereocenters. The van der Waals surface area contributed by atoms with E-state index in [1.54, 1.807) is 21.6 Å². The third-order valence-corrected chi connectivity index (χ3v) is 13.6. The van der Waals surface area contributed by atoms with Gasteiger partial charge < -0.3 is 30.3 Å². The summed E-state index contributed by atoms with van der Waals surface area (Å²) in [7, 11) is 2.17. The highest BCUT2D eigenvalue weighted by Gasteiger charge is 2.33. The van der Waals surface area contributed by atoms with Crippen LogP contribution >= 0.6 is 23.5 Å². The first-order chi connectivity index (χ1) is 29.3. The van der Waals surface area contributed by atoms with E-state index in [1.807, 2.05) is 39.5 Å².